The molecule has 112 valence electrons. The second-order valence-corrected chi connectivity index (χ2v) is 5.85. The van der Waals surface area contributed by atoms with E-state index in [-0.39, 0.29) is 11.6 Å². The number of benzene rings is 1. The third-order valence-electron chi connectivity index (χ3n) is 4.77. The van der Waals surface area contributed by atoms with E-state index in [9.17, 15) is 0 Å². The standard InChI is InChI=1S/C17H23N3O/c1-21-17(10-3-2-4-11-17)16(20-18)14-9-5-7-13-8-6-12-19-15(13)14/h5-9,12,16,20H,2-4,10-11,18H2,1H3. The summed E-state index contributed by atoms with van der Waals surface area (Å²) in [6.45, 7) is 0. The summed E-state index contributed by atoms with van der Waals surface area (Å²) < 4.78 is 5.96. The summed E-state index contributed by atoms with van der Waals surface area (Å²) in [5, 5.41) is 1.14. The summed E-state index contributed by atoms with van der Waals surface area (Å²) in [6, 6.07) is 10.3. The van der Waals surface area contributed by atoms with Crippen molar-refractivity contribution in [3.8, 4) is 0 Å². The van der Waals surface area contributed by atoms with Crippen molar-refractivity contribution in [3.63, 3.8) is 0 Å². The van der Waals surface area contributed by atoms with Gasteiger partial charge in [0.25, 0.3) is 0 Å². The fourth-order valence-electron chi connectivity index (χ4n) is 3.65. The monoisotopic (exact) mass is 285 g/mol. The zero-order valence-corrected chi connectivity index (χ0v) is 12.5. The molecule has 4 nitrogen and oxygen atoms in total. The lowest BCUT2D eigenvalue weighted by molar-refractivity contribution is -0.0685. The number of fused-ring (bicyclic) bond motifs is 1. The molecule has 0 radical (unpaired) electrons. The maximum Gasteiger partial charge on any atom is 0.0886 e. The van der Waals surface area contributed by atoms with E-state index in [2.05, 4.69) is 34.7 Å². The number of aromatic nitrogens is 1. The van der Waals surface area contributed by atoms with Gasteiger partial charge in [-0.2, -0.15) is 0 Å². The lowest BCUT2D eigenvalue weighted by atomic mass is 9.76. The van der Waals surface area contributed by atoms with Crippen molar-refractivity contribution in [2.75, 3.05) is 7.11 Å². The highest BCUT2D eigenvalue weighted by Crippen LogP contribution is 2.42. The predicted molar refractivity (Wildman–Crippen MR) is 84.6 cm³/mol. The molecular formula is C17H23N3O. The second-order valence-electron chi connectivity index (χ2n) is 5.85. The Balaban J connectivity index is 2.09. The van der Waals surface area contributed by atoms with Crippen molar-refractivity contribution in [1.82, 2.24) is 10.4 Å². The van der Waals surface area contributed by atoms with Crippen LogP contribution in [0.25, 0.3) is 10.9 Å². The first-order chi connectivity index (χ1) is 10.3. The van der Waals surface area contributed by atoms with Crippen LogP contribution in [0.15, 0.2) is 36.5 Å². The van der Waals surface area contributed by atoms with Crippen molar-refractivity contribution >= 4 is 10.9 Å². The van der Waals surface area contributed by atoms with Gasteiger partial charge in [-0.25, -0.2) is 5.43 Å². The van der Waals surface area contributed by atoms with E-state index < -0.39 is 0 Å². The van der Waals surface area contributed by atoms with Gasteiger partial charge in [-0.15, -0.1) is 0 Å². The maximum absolute atomic E-state index is 5.96. The normalized spacial score (nSPS) is 19.5. The van der Waals surface area contributed by atoms with Crippen LogP contribution in [0, 0.1) is 0 Å². The number of nitrogens with two attached hydrogens (primary N) is 1. The van der Waals surface area contributed by atoms with Crippen LogP contribution in [0.1, 0.15) is 43.7 Å². The van der Waals surface area contributed by atoms with Gasteiger partial charge in [-0.1, -0.05) is 43.5 Å². The van der Waals surface area contributed by atoms with E-state index in [4.69, 9.17) is 10.6 Å². The molecule has 0 aliphatic heterocycles. The van der Waals surface area contributed by atoms with E-state index in [1.54, 1.807) is 7.11 Å². The van der Waals surface area contributed by atoms with Crippen molar-refractivity contribution in [3.05, 3.63) is 42.1 Å². The van der Waals surface area contributed by atoms with Crippen LogP contribution in [0.4, 0.5) is 0 Å². The van der Waals surface area contributed by atoms with Crippen LogP contribution in [-0.2, 0) is 4.74 Å². The molecule has 1 atom stereocenters. The molecule has 0 amide bonds. The number of hydrogen-bond donors (Lipinski definition) is 2. The first-order valence-electron chi connectivity index (χ1n) is 7.66. The summed E-state index contributed by atoms with van der Waals surface area (Å²) in [6.07, 6.45) is 7.54. The van der Waals surface area contributed by atoms with Gasteiger partial charge in [-0.05, 0) is 24.5 Å². The van der Waals surface area contributed by atoms with Crippen LogP contribution in [-0.4, -0.2) is 17.7 Å². The number of methoxy groups -OCH3 is 1. The Hall–Kier alpha value is -1.49. The first-order valence-corrected chi connectivity index (χ1v) is 7.66. The van der Waals surface area contributed by atoms with Crippen LogP contribution < -0.4 is 11.3 Å². The van der Waals surface area contributed by atoms with Crippen LogP contribution >= 0.6 is 0 Å². The van der Waals surface area contributed by atoms with Gasteiger partial charge in [0, 0.05) is 18.7 Å². The summed E-state index contributed by atoms with van der Waals surface area (Å²) >= 11 is 0. The zero-order valence-electron chi connectivity index (χ0n) is 12.5. The SMILES string of the molecule is COC1(C(NN)c2cccc3cccnc23)CCCCC1. The van der Waals surface area contributed by atoms with Gasteiger partial charge >= 0.3 is 0 Å². The molecule has 1 unspecified atom stereocenters. The molecule has 1 heterocycles. The van der Waals surface area contributed by atoms with Gasteiger partial charge in [0.05, 0.1) is 17.2 Å². The number of nitrogens with zero attached hydrogens (tertiary/aromatic N) is 1. The van der Waals surface area contributed by atoms with E-state index >= 15 is 0 Å². The molecule has 1 aromatic heterocycles. The quantitative estimate of drug-likeness (QED) is 0.669. The summed E-state index contributed by atoms with van der Waals surface area (Å²) in [5.41, 5.74) is 4.90. The average molecular weight is 285 g/mol. The zero-order chi connectivity index (χ0) is 14.7. The maximum atomic E-state index is 5.96. The number of nitrogens with one attached hydrogen (secondary N) is 1. The molecule has 1 aromatic carbocycles. The Morgan fingerprint density at radius 3 is 2.67 bits per heavy atom. The molecule has 4 heteroatoms. The van der Waals surface area contributed by atoms with Gasteiger partial charge < -0.3 is 4.74 Å². The fraction of sp³-hybridized carbons (Fsp3) is 0.471. The second kappa shape index (κ2) is 6.10. The van der Waals surface area contributed by atoms with Gasteiger partial charge in [0.15, 0.2) is 0 Å². The molecule has 3 N–H and O–H groups in total. The summed E-state index contributed by atoms with van der Waals surface area (Å²) in [7, 11) is 1.80. The van der Waals surface area contributed by atoms with Crippen molar-refractivity contribution < 1.29 is 4.74 Å². The Morgan fingerprint density at radius 1 is 1.19 bits per heavy atom. The lowest BCUT2D eigenvalue weighted by Crippen LogP contribution is -2.49. The molecule has 1 saturated carbocycles. The number of para-hydroxylation sites is 1. The molecular weight excluding hydrogens is 262 g/mol. The van der Waals surface area contributed by atoms with Crippen molar-refractivity contribution in [1.29, 1.82) is 0 Å². The molecule has 21 heavy (non-hydrogen) atoms. The number of rotatable bonds is 4. The molecule has 1 aliphatic rings. The summed E-state index contributed by atoms with van der Waals surface area (Å²) in [5.74, 6) is 5.93. The Morgan fingerprint density at radius 2 is 1.95 bits per heavy atom. The van der Waals surface area contributed by atoms with Crippen LogP contribution in [0.5, 0.6) is 0 Å². The summed E-state index contributed by atoms with van der Waals surface area (Å²) in [4.78, 5) is 4.56. The topological polar surface area (TPSA) is 60.2 Å². The third kappa shape index (κ3) is 2.55. The molecule has 2 aromatic rings. The molecule has 3 rings (SSSR count). The molecule has 0 bridgehead atoms. The van der Waals surface area contributed by atoms with E-state index in [0.29, 0.717) is 0 Å². The highest BCUT2D eigenvalue weighted by molar-refractivity contribution is 5.82. The molecule has 1 aliphatic carbocycles. The van der Waals surface area contributed by atoms with E-state index in [1.807, 2.05) is 12.3 Å². The number of hydrogen-bond acceptors (Lipinski definition) is 4. The Bertz CT molecular complexity index is 603. The van der Waals surface area contributed by atoms with E-state index in [0.717, 1.165) is 29.3 Å². The number of pyridine rings is 1. The largest absolute Gasteiger partial charge is 0.376 e. The Kier molecular flexibility index (Phi) is 4.19. The molecule has 0 saturated heterocycles. The lowest BCUT2D eigenvalue weighted by Gasteiger charge is -2.42. The van der Waals surface area contributed by atoms with Crippen LogP contribution in [0.3, 0.4) is 0 Å². The van der Waals surface area contributed by atoms with Gasteiger partial charge in [-0.3, -0.25) is 10.8 Å². The van der Waals surface area contributed by atoms with Crippen molar-refractivity contribution in [2.45, 2.75) is 43.7 Å². The van der Waals surface area contributed by atoms with Gasteiger partial charge in [0.1, 0.15) is 0 Å². The third-order valence-corrected chi connectivity index (χ3v) is 4.77. The van der Waals surface area contributed by atoms with Crippen LogP contribution in [0.2, 0.25) is 0 Å². The number of ether oxygens (including phenoxy) is 1. The molecule has 0 spiro atoms. The highest BCUT2D eigenvalue weighted by Gasteiger charge is 2.41. The van der Waals surface area contributed by atoms with Crippen molar-refractivity contribution in [2.24, 2.45) is 5.84 Å². The van der Waals surface area contributed by atoms with E-state index in [1.165, 1.54) is 19.3 Å². The predicted octanol–water partition coefficient (Wildman–Crippen LogP) is 3.09. The fourth-order valence-corrected chi connectivity index (χ4v) is 3.65. The molecule has 1 fully saturated rings. The Labute approximate surface area is 125 Å². The average Bonchev–Trinajstić information content (AvgIpc) is 2.56. The van der Waals surface area contributed by atoms with Gasteiger partial charge in [0.2, 0.25) is 0 Å². The minimum Gasteiger partial charge on any atom is -0.376 e. The minimum atomic E-state index is -0.237. The number of hydrazine groups is 1. The smallest absolute Gasteiger partial charge is 0.0886 e. The first kappa shape index (κ1) is 14.4. The highest BCUT2D eigenvalue weighted by atomic mass is 16.5. The minimum absolute atomic E-state index is 0.0404.